The van der Waals surface area contributed by atoms with Gasteiger partial charge in [0.05, 0.1) is 6.04 Å². The second-order valence-corrected chi connectivity index (χ2v) is 5.83. The van der Waals surface area contributed by atoms with Crippen molar-refractivity contribution in [2.75, 3.05) is 33.7 Å². The lowest BCUT2D eigenvalue weighted by Crippen LogP contribution is -2.51. The molecule has 2 fully saturated rings. The molecule has 0 spiro atoms. The van der Waals surface area contributed by atoms with Crippen LogP contribution in [-0.4, -0.2) is 61.4 Å². The molecule has 1 N–H and O–H groups in total. The fourth-order valence-corrected chi connectivity index (χ4v) is 2.99. The van der Waals surface area contributed by atoms with E-state index in [1.807, 2.05) is 4.90 Å². The molecule has 0 saturated carbocycles. The summed E-state index contributed by atoms with van der Waals surface area (Å²) in [6.45, 7) is 2.40. The van der Waals surface area contributed by atoms with Crippen molar-refractivity contribution >= 4 is 11.8 Å². The maximum absolute atomic E-state index is 12.3. The van der Waals surface area contributed by atoms with Gasteiger partial charge in [-0.3, -0.25) is 9.59 Å². The molecule has 1 unspecified atom stereocenters. The van der Waals surface area contributed by atoms with E-state index >= 15 is 0 Å². The summed E-state index contributed by atoms with van der Waals surface area (Å²) in [5.41, 5.74) is 0. The molecule has 2 heterocycles. The van der Waals surface area contributed by atoms with E-state index in [1.54, 1.807) is 19.0 Å². The molecule has 0 aromatic rings. The number of carbonyl (C=O) groups excluding carboxylic acids is 2. The highest BCUT2D eigenvalue weighted by molar-refractivity contribution is 5.83. The first-order valence-electron chi connectivity index (χ1n) is 7.33. The van der Waals surface area contributed by atoms with Gasteiger partial charge in [-0.15, -0.1) is 0 Å². The summed E-state index contributed by atoms with van der Waals surface area (Å²) in [4.78, 5) is 27.8. The van der Waals surface area contributed by atoms with Gasteiger partial charge in [-0.2, -0.15) is 0 Å². The van der Waals surface area contributed by atoms with Crippen molar-refractivity contribution in [1.82, 2.24) is 15.1 Å². The van der Waals surface area contributed by atoms with Crippen LogP contribution in [0.2, 0.25) is 0 Å². The molecule has 2 rings (SSSR count). The van der Waals surface area contributed by atoms with Crippen LogP contribution < -0.4 is 5.32 Å². The van der Waals surface area contributed by atoms with Gasteiger partial charge in [-0.1, -0.05) is 6.42 Å². The number of hydrogen-bond donors (Lipinski definition) is 1. The van der Waals surface area contributed by atoms with E-state index in [1.165, 1.54) is 6.42 Å². The summed E-state index contributed by atoms with van der Waals surface area (Å²) >= 11 is 0. The molecule has 2 saturated heterocycles. The fraction of sp³-hybridized carbons (Fsp3) is 0.857. The molecule has 0 aliphatic carbocycles. The monoisotopic (exact) mass is 267 g/mol. The normalized spacial score (nSPS) is 25.2. The van der Waals surface area contributed by atoms with Gasteiger partial charge in [0.15, 0.2) is 0 Å². The second kappa shape index (κ2) is 6.37. The highest BCUT2D eigenvalue weighted by atomic mass is 16.2. The Morgan fingerprint density at radius 1 is 1.11 bits per heavy atom. The van der Waals surface area contributed by atoms with Gasteiger partial charge in [0.1, 0.15) is 0 Å². The average molecular weight is 267 g/mol. The highest BCUT2D eigenvalue weighted by Gasteiger charge is 2.31. The molecule has 1 atom stereocenters. The van der Waals surface area contributed by atoms with Crippen molar-refractivity contribution in [3.8, 4) is 0 Å². The summed E-state index contributed by atoms with van der Waals surface area (Å²) in [6, 6.07) is 0.00912. The van der Waals surface area contributed by atoms with E-state index in [0.717, 1.165) is 45.3 Å². The fourth-order valence-electron chi connectivity index (χ4n) is 2.99. The molecular formula is C14H25N3O2. The number of nitrogens with zero attached hydrogens (tertiary/aromatic N) is 2. The molecular weight excluding hydrogens is 242 g/mol. The molecule has 2 amide bonds. The van der Waals surface area contributed by atoms with Crippen LogP contribution in [0.25, 0.3) is 0 Å². The lowest BCUT2D eigenvalue weighted by Gasteiger charge is -2.35. The third-order valence-electron chi connectivity index (χ3n) is 4.21. The Morgan fingerprint density at radius 2 is 1.79 bits per heavy atom. The van der Waals surface area contributed by atoms with Crippen molar-refractivity contribution in [2.45, 2.75) is 38.1 Å². The van der Waals surface area contributed by atoms with E-state index in [2.05, 4.69) is 5.32 Å². The van der Waals surface area contributed by atoms with Gasteiger partial charge >= 0.3 is 0 Å². The summed E-state index contributed by atoms with van der Waals surface area (Å²) in [5.74, 6) is 0.525. The van der Waals surface area contributed by atoms with E-state index in [-0.39, 0.29) is 23.8 Å². The van der Waals surface area contributed by atoms with Gasteiger partial charge in [0.25, 0.3) is 0 Å². The zero-order valence-electron chi connectivity index (χ0n) is 12.0. The molecule has 5 heteroatoms. The number of rotatable bonds is 2. The third kappa shape index (κ3) is 3.47. The Labute approximate surface area is 115 Å². The number of piperidine rings is 2. The summed E-state index contributed by atoms with van der Waals surface area (Å²) in [6.07, 6.45) is 4.86. The Morgan fingerprint density at radius 3 is 2.32 bits per heavy atom. The van der Waals surface area contributed by atoms with Crippen LogP contribution in [-0.2, 0) is 9.59 Å². The van der Waals surface area contributed by atoms with Crippen LogP contribution in [0.3, 0.4) is 0 Å². The summed E-state index contributed by atoms with van der Waals surface area (Å²) in [5, 5.41) is 3.30. The first kappa shape index (κ1) is 14.3. The topological polar surface area (TPSA) is 52.7 Å². The van der Waals surface area contributed by atoms with E-state index < -0.39 is 0 Å². The van der Waals surface area contributed by atoms with Crippen LogP contribution in [0.4, 0.5) is 0 Å². The van der Waals surface area contributed by atoms with Gasteiger partial charge in [-0.25, -0.2) is 0 Å². The summed E-state index contributed by atoms with van der Waals surface area (Å²) in [7, 11) is 3.59. The lowest BCUT2D eigenvalue weighted by atomic mass is 9.94. The quantitative estimate of drug-likeness (QED) is 0.790. The van der Waals surface area contributed by atoms with Crippen LogP contribution in [0, 0.1) is 5.92 Å². The van der Waals surface area contributed by atoms with Crippen LogP contribution >= 0.6 is 0 Å². The lowest BCUT2D eigenvalue weighted by molar-refractivity contribution is -0.140. The number of likely N-dealkylation sites (tertiary alicyclic amines) is 1. The molecule has 0 radical (unpaired) electrons. The smallest absolute Gasteiger partial charge is 0.239 e. The van der Waals surface area contributed by atoms with Crippen molar-refractivity contribution < 1.29 is 9.59 Å². The van der Waals surface area contributed by atoms with Crippen LogP contribution in [0.1, 0.15) is 32.1 Å². The van der Waals surface area contributed by atoms with Gasteiger partial charge in [-0.05, 0) is 32.2 Å². The molecule has 0 aromatic heterocycles. The van der Waals surface area contributed by atoms with Crippen molar-refractivity contribution in [3.63, 3.8) is 0 Å². The molecule has 5 nitrogen and oxygen atoms in total. The Hall–Kier alpha value is -1.10. The van der Waals surface area contributed by atoms with E-state index in [0.29, 0.717) is 0 Å². The van der Waals surface area contributed by atoms with Crippen molar-refractivity contribution in [2.24, 2.45) is 5.92 Å². The SMILES string of the molecule is CN(C)C(=O)C1CCN(C(=O)C2CCCCN2)CC1. The molecule has 19 heavy (non-hydrogen) atoms. The first-order chi connectivity index (χ1) is 9.09. The van der Waals surface area contributed by atoms with Gasteiger partial charge in [0.2, 0.25) is 11.8 Å². The minimum Gasteiger partial charge on any atom is -0.349 e. The van der Waals surface area contributed by atoms with Crippen molar-refractivity contribution in [3.05, 3.63) is 0 Å². The predicted octanol–water partition coefficient (Wildman–Crippen LogP) is 0.455. The maximum atomic E-state index is 12.3. The Balaban J connectivity index is 1.82. The van der Waals surface area contributed by atoms with E-state index in [4.69, 9.17) is 0 Å². The number of carbonyl (C=O) groups is 2. The molecule has 0 bridgehead atoms. The standard InChI is InChI=1S/C14H25N3O2/c1-16(2)13(18)11-6-9-17(10-7-11)14(19)12-5-3-4-8-15-12/h11-12,15H,3-10H2,1-2H3. The van der Waals surface area contributed by atoms with Gasteiger partial charge in [0, 0.05) is 33.1 Å². The molecule has 2 aliphatic rings. The van der Waals surface area contributed by atoms with Gasteiger partial charge < -0.3 is 15.1 Å². The zero-order chi connectivity index (χ0) is 13.8. The number of amides is 2. The van der Waals surface area contributed by atoms with Crippen LogP contribution in [0.15, 0.2) is 0 Å². The third-order valence-corrected chi connectivity index (χ3v) is 4.21. The van der Waals surface area contributed by atoms with Crippen LogP contribution in [0.5, 0.6) is 0 Å². The predicted molar refractivity (Wildman–Crippen MR) is 73.6 cm³/mol. The number of hydrogen-bond acceptors (Lipinski definition) is 3. The van der Waals surface area contributed by atoms with E-state index in [9.17, 15) is 9.59 Å². The molecule has 2 aliphatic heterocycles. The summed E-state index contributed by atoms with van der Waals surface area (Å²) < 4.78 is 0. The molecule has 0 aromatic carbocycles. The highest BCUT2D eigenvalue weighted by Crippen LogP contribution is 2.20. The second-order valence-electron chi connectivity index (χ2n) is 5.83. The Kier molecular flexibility index (Phi) is 4.80. The Bertz CT molecular complexity index is 330. The zero-order valence-corrected chi connectivity index (χ0v) is 12.0. The largest absolute Gasteiger partial charge is 0.349 e. The minimum absolute atomic E-state index is 0.00912. The average Bonchev–Trinajstić information content (AvgIpc) is 2.46. The molecule has 108 valence electrons. The van der Waals surface area contributed by atoms with Crippen molar-refractivity contribution in [1.29, 1.82) is 0 Å². The first-order valence-corrected chi connectivity index (χ1v) is 7.33. The number of nitrogens with one attached hydrogen (secondary N) is 1. The maximum Gasteiger partial charge on any atom is 0.239 e. The minimum atomic E-state index is 0.00912.